The van der Waals surface area contributed by atoms with E-state index in [1.54, 1.807) is 0 Å². The summed E-state index contributed by atoms with van der Waals surface area (Å²) in [5, 5.41) is -1.63. The Balaban J connectivity index is 3.32. The number of alkyl halides is 3. The molecule has 0 unspecified atom stereocenters. The van der Waals surface area contributed by atoms with Gasteiger partial charge < -0.3 is 10.5 Å². The lowest BCUT2D eigenvalue weighted by atomic mass is 10.2. The first-order valence-corrected chi connectivity index (χ1v) is 4.51. The Morgan fingerprint density at radius 2 is 1.94 bits per heavy atom. The number of nitrogens with two attached hydrogens (primary N) is 1. The SMILES string of the molecule is Nc1ccc(C(=O)Cl)c(OC(F)(F)F)c1Cl. The van der Waals surface area contributed by atoms with Crippen LogP contribution in [0.25, 0.3) is 0 Å². The number of benzene rings is 1. The standard InChI is InChI=1S/C8H4Cl2F3NO2/c9-5-4(14)2-1-3(7(10)15)6(5)16-8(11,12)13/h1-2H,14H2. The molecule has 16 heavy (non-hydrogen) atoms. The largest absolute Gasteiger partial charge is 0.573 e. The van der Waals surface area contributed by atoms with Crippen LogP contribution in [0, 0.1) is 0 Å². The molecule has 88 valence electrons. The fourth-order valence-corrected chi connectivity index (χ4v) is 1.29. The van der Waals surface area contributed by atoms with Crippen LogP contribution in [-0.2, 0) is 0 Å². The molecule has 1 rings (SSSR count). The highest BCUT2D eigenvalue weighted by atomic mass is 35.5. The number of carbonyl (C=O) groups excluding carboxylic acids is 1. The first-order chi connectivity index (χ1) is 7.22. The van der Waals surface area contributed by atoms with E-state index in [2.05, 4.69) is 4.74 Å². The first kappa shape index (κ1) is 12.9. The van der Waals surface area contributed by atoms with Crippen molar-refractivity contribution in [2.24, 2.45) is 0 Å². The van der Waals surface area contributed by atoms with Gasteiger partial charge in [0.2, 0.25) is 0 Å². The Bertz CT molecular complexity index is 434. The minimum Gasteiger partial charge on any atom is -0.403 e. The van der Waals surface area contributed by atoms with Gasteiger partial charge in [-0.25, -0.2) is 0 Å². The summed E-state index contributed by atoms with van der Waals surface area (Å²) in [4.78, 5) is 10.8. The summed E-state index contributed by atoms with van der Waals surface area (Å²) in [5.41, 5.74) is 4.62. The molecule has 1 aromatic rings. The van der Waals surface area contributed by atoms with E-state index >= 15 is 0 Å². The van der Waals surface area contributed by atoms with Crippen molar-refractivity contribution >= 4 is 34.1 Å². The lowest BCUT2D eigenvalue weighted by Gasteiger charge is -2.13. The molecule has 0 amide bonds. The zero-order valence-corrected chi connectivity index (χ0v) is 8.95. The van der Waals surface area contributed by atoms with Crippen molar-refractivity contribution < 1.29 is 22.7 Å². The smallest absolute Gasteiger partial charge is 0.403 e. The minimum atomic E-state index is -4.99. The van der Waals surface area contributed by atoms with Crippen molar-refractivity contribution in [1.82, 2.24) is 0 Å². The van der Waals surface area contributed by atoms with E-state index in [-0.39, 0.29) is 5.69 Å². The molecule has 0 aliphatic carbocycles. The number of hydrogen-bond donors (Lipinski definition) is 1. The second-order valence-corrected chi connectivity index (χ2v) is 3.39. The topological polar surface area (TPSA) is 52.3 Å². The van der Waals surface area contributed by atoms with Crippen LogP contribution in [0.15, 0.2) is 12.1 Å². The quantitative estimate of drug-likeness (QED) is 0.665. The number of carbonyl (C=O) groups is 1. The van der Waals surface area contributed by atoms with Gasteiger partial charge >= 0.3 is 6.36 Å². The van der Waals surface area contributed by atoms with Crippen molar-refractivity contribution in [1.29, 1.82) is 0 Å². The predicted molar refractivity (Wildman–Crippen MR) is 52.7 cm³/mol. The maximum absolute atomic E-state index is 12.0. The van der Waals surface area contributed by atoms with Crippen molar-refractivity contribution in [3.05, 3.63) is 22.7 Å². The summed E-state index contributed by atoms with van der Waals surface area (Å²) in [6.45, 7) is 0. The fourth-order valence-electron chi connectivity index (χ4n) is 0.942. The van der Waals surface area contributed by atoms with Crippen LogP contribution >= 0.6 is 23.2 Å². The van der Waals surface area contributed by atoms with E-state index in [0.29, 0.717) is 0 Å². The van der Waals surface area contributed by atoms with Crippen molar-refractivity contribution in [3.8, 4) is 5.75 Å². The summed E-state index contributed by atoms with van der Waals surface area (Å²) in [7, 11) is 0. The molecule has 3 nitrogen and oxygen atoms in total. The lowest BCUT2D eigenvalue weighted by molar-refractivity contribution is -0.274. The maximum atomic E-state index is 12.0. The molecular formula is C8H4Cl2F3NO2. The normalized spacial score (nSPS) is 11.3. The van der Waals surface area contributed by atoms with E-state index in [9.17, 15) is 18.0 Å². The molecule has 0 fully saturated rings. The molecule has 0 saturated carbocycles. The number of rotatable bonds is 2. The summed E-state index contributed by atoms with van der Waals surface area (Å²) in [5.74, 6) is -0.894. The third kappa shape index (κ3) is 2.93. The Kier molecular flexibility index (Phi) is 3.54. The summed E-state index contributed by atoms with van der Waals surface area (Å²) in [6, 6.07) is 2.15. The zero-order chi connectivity index (χ0) is 12.5. The van der Waals surface area contributed by atoms with Gasteiger partial charge in [0, 0.05) is 0 Å². The van der Waals surface area contributed by atoms with Crippen molar-refractivity contribution in [3.63, 3.8) is 0 Å². The van der Waals surface area contributed by atoms with Crippen LogP contribution in [0.3, 0.4) is 0 Å². The summed E-state index contributed by atoms with van der Waals surface area (Å²) >= 11 is 10.6. The molecule has 0 radical (unpaired) electrons. The van der Waals surface area contributed by atoms with Gasteiger partial charge in [0.1, 0.15) is 5.02 Å². The molecule has 0 spiro atoms. The van der Waals surface area contributed by atoms with Crippen LogP contribution in [-0.4, -0.2) is 11.6 Å². The second kappa shape index (κ2) is 4.39. The second-order valence-electron chi connectivity index (χ2n) is 2.67. The highest BCUT2D eigenvalue weighted by Crippen LogP contribution is 2.37. The average molecular weight is 274 g/mol. The summed E-state index contributed by atoms with van der Waals surface area (Å²) < 4.78 is 39.6. The first-order valence-electron chi connectivity index (χ1n) is 3.76. The number of ether oxygens (including phenoxy) is 1. The molecule has 0 bridgehead atoms. The van der Waals surface area contributed by atoms with Crippen molar-refractivity contribution in [2.75, 3.05) is 5.73 Å². The van der Waals surface area contributed by atoms with Gasteiger partial charge in [-0.15, -0.1) is 13.2 Å². The van der Waals surface area contributed by atoms with E-state index in [1.807, 2.05) is 0 Å². The number of anilines is 1. The van der Waals surface area contributed by atoms with Crippen LogP contribution < -0.4 is 10.5 Å². The van der Waals surface area contributed by atoms with Gasteiger partial charge in [-0.05, 0) is 23.7 Å². The van der Waals surface area contributed by atoms with Gasteiger partial charge in [-0.2, -0.15) is 0 Å². The molecule has 0 aromatic heterocycles. The van der Waals surface area contributed by atoms with Gasteiger partial charge in [0.25, 0.3) is 5.24 Å². The third-order valence-electron chi connectivity index (χ3n) is 1.56. The fraction of sp³-hybridized carbons (Fsp3) is 0.125. The van der Waals surface area contributed by atoms with Crippen LogP contribution in [0.1, 0.15) is 10.4 Å². The number of halogens is 5. The number of hydrogen-bond acceptors (Lipinski definition) is 3. The zero-order valence-electron chi connectivity index (χ0n) is 7.44. The maximum Gasteiger partial charge on any atom is 0.573 e. The molecule has 1 aromatic carbocycles. The van der Waals surface area contributed by atoms with Crippen molar-refractivity contribution in [2.45, 2.75) is 6.36 Å². The lowest BCUT2D eigenvalue weighted by Crippen LogP contribution is -2.19. The Labute approximate surface area is 97.9 Å². The van der Waals surface area contributed by atoms with E-state index in [0.717, 1.165) is 12.1 Å². The third-order valence-corrected chi connectivity index (χ3v) is 2.15. The Hall–Kier alpha value is -1.14. The van der Waals surface area contributed by atoms with Crippen LogP contribution in [0.5, 0.6) is 5.75 Å². The Morgan fingerprint density at radius 3 is 2.38 bits per heavy atom. The highest BCUT2D eigenvalue weighted by Gasteiger charge is 2.34. The highest BCUT2D eigenvalue weighted by molar-refractivity contribution is 6.68. The molecule has 2 N–H and O–H groups in total. The average Bonchev–Trinajstić information content (AvgIpc) is 2.10. The van der Waals surface area contributed by atoms with E-state index in [4.69, 9.17) is 28.9 Å². The molecule has 0 aliphatic heterocycles. The molecule has 0 saturated heterocycles. The van der Waals surface area contributed by atoms with Crippen LogP contribution in [0.2, 0.25) is 5.02 Å². The van der Waals surface area contributed by atoms with Gasteiger partial charge in [-0.1, -0.05) is 11.6 Å². The van der Waals surface area contributed by atoms with Gasteiger partial charge in [0.05, 0.1) is 11.3 Å². The van der Waals surface area contributed by atoms with Gasteiger partial charge in [-0.3, -0.25) is 4.79 Å². The van der Waals surface area contributed by atoms with E-state index in [1.165, 1.54) is 0 Å². The van der Waals surface area contributed by atoms with Crippen LogP contribution in [0.4, 0.5) is 18.9 Å². The monoisotopic (exact) mass is 273 g/mol. The number of nitrogen functional groups attached to an aromatic ring is 1. The van der Waals surface area contributed by atoms with E-state index < -0.39 is 27.9 Å². The molecule has 0 aliphatic rings. The molecule has 0 heterocycles. The minimum absolute atomic E-state index is 0.150. The molecular weight excluding hydrogens is 270 g/mol. The van der Waals surface area contributed by atoms with Gasteiger partial charge in [0.15, 0.2) is 5.75 Å². The summed E-state index contributed by atoms with van der Waals surface area (Å²) in [6.07, 6.45) is -4.99. The predicted octanol–water partition coefficient (Wildman–Crippen LogP) is 3.20. The Morgan fingerprint density at radius 1 is 1.38 bits per heavy atom. The molecule has 0 atom stereocenters. The molecule has 8 heteroatoms.